The van der Waals surface area contributed by atoms with Crippen LogP contribution in [0.2, 0.25) is 5.02 Å². The first-order chi connectivity index (χ1) is 8.81. The molecule has 0 bridgehead atoms. The summed E-state index contributed by atoms with van der Waals surface area (Å²) in [4.78, 5) is 4.62. The molecule has 0 radical (unpaired) electrons. The van der Waals surface area contributed by atoms with Gasteiger partial charge in [0.2, 0.25) is 0 Å². The van der Waals surface area contributed by atoms with Crippen LogP contribution < -0.4 is 4.74 Å². The Morgan fingerprint density at radius 3 is 2.67 bits per heavy atom. The van der Waals surface area contributed by atoms with Gasteiger partial charge in [0.1, 0.15) is 5.75 Å². The topological polar surface area (TPSA) is 22.1 Å². The molecule has 1 heterocycles. The molecule has 1 aromatic heterocycles. The van der Waals surface area contributed by atoms with Gasteiger partial charge in [-0.15, -0.1) is 0 Å². The summed E-state index contributed by atoms with van der Waals surface area (Å²) in [6, 6.07) is 13.7. The van der Waals surface area contributed by atoms with Crippen LogP contribution in [0.3, 0.4) is 0 Å². The van der Waals surface area contributed by atoms with Crippen LogP contribution in [0, 0.1) is 0 Å². The van der Waals surface area contributed by atoms with Gasteiger partial charge in [-0.2, -0.15) is 0 Å². The van der Waals surface area contributed by atoms with Gasteiger partial charge in [-0.05, 0) is 31.2 Å². The van der Waals surface area contributed by atoms with Gasteiger partial charge in [0.15, 0.2) is 0 Å². The molecule has 0 aliphatic heterocycles. The normalized spacial score (nSPS) is 11.0. The number of halogens is 1. The molecule has 0 spiro atoms. The predicted molar refractivity (Wildman–Crippen MR) is 75.4 cm³/mol. The number of aromatic nitrogens is 1. The molecule has 0 atom stereocenters. The Bertz CT molecular complexity index is 724. The van der Waals surface area contributed by atoms with Gasteiger partial charge < -0.3 is 4.74 Å². The highest BCUT2D eigenvalue weighted by Crippen LogP contribution is 2.36. The Labute approximate surface area is 110 Å². The molecule has 18 heavy (non-hydrogen) atoms. The van der Waals surface area contributed by atoms with Crippen LogP contribution in [-0.4, -0.2) is 11.6 Å². The predicted octanol–water partition coefficient (Wildman–Crippen LogP) is 4.44. The molecule has 2 nitrogen and oxygen atoms in total. The van der Waals surface area contributed by atoms with E-state index in [1.54, 1.807) is 0 Å². The number of fused-ring (bicyclic) bond motifs is 2. The van der Waals surface area contributed by atoms with E-state index in [4.69, 9.17) is 16.3 Å². The maximum absolute atomic E-state index is 6.28. The van der Waals surface area contributed by atoms with Crippen LogP contribution in [-0.2, 0) is 0 Å². The van der Waals surface area contributed by atoms with Crippen molar-refractivity contribution in [2.24, 2.45) is 0 Å². The van der Waals surface area contributed by atoms with E-state index in [2.05, 4.69) is 4.98 Å². The van der Waals surface area contributed by atoms with Crippen molar-refractivity contribution < 1.29 is 4.74 Å². The number of pyridine rings is 1. The van der Waals surface area contributed by atoms with Crippen molar-refractivity contribution in [1.82, 2.24) is 4.98 Å². The Morgan fingerprint density at radius 2 is 1.83 bits per heavy atom. The van der Waals surface area contributed by atoms with E-state index >= 15 is 0 Å². The molecule has 0 saturated heterocycles. The number of hydrogen-bond donors (Lipinski definition) is 0. The van der Waals surface area contributed by atoms with E-state index in [0.717, 1.165) is 27.6 Å². The smallest absolute Gasteiger partial charge is 0.139 e. The third kappa shape index (κ3) is 1.70. The standard InChI is InChI=1S/C15H12ClNO/c1-2-18-15-10-6-3-4-8-12(10)17-13-9-5-7-11(16)14(13)15/h3-9H,2H2,1H3. The van der Waals surface area contributed by atoms with Gasteiger partial charge in [0, 0.05) is 5.39 Å². The lowest BCUT2D eigenvalue weighted by Crippen LogP contribution is -1.96. The third-order valence-corrected chi connectivity index (χ3v) is 3.21. The van der Waals surface area contributed by atoms with E-state index in [0.29, 0.717) is 11.6 Å². The first kappa shape index (κ1) is 11.3. The summed E-state index contributed by atoms with van der Waals surface area (Å²) in [5.74, 6) is 0.823. The maximum Gasteiger partial charge on any atom is 0.139 e. The molecule has 0 aliphatic carbocycles. The van der Waals surface area contributed by atoms with E-state index in [1.165, 1.54) is 0 Å². The van der Waals surface area contributed by atoms with Gasteiger partial charge in [0.05, 0.1) is 28.0 Å². The summed E-state index contributed by atoms with van der Waals surface area (Å²) in [7, 11) is 0. The molecule has 0 fully saturated rings. The minimum Gasteiger partial charge on any atom is -0.492 e. The molecular weight excluding hydrogens is 246 g/mol. The summed E-state index contributed by atoms with van der Waals surface area (Å²) >= 11 is 6.28. The molecule has 2 aromatic carbocycles. The van der Waals surface area contributed by atoms with Crippen LogP contribution >= 0.6 is 11.6 Å². The second-order valence-electron chi connectivity index (χ2n) is 4.03. The molecule has 0 unspecified atom stereocenters. The largest absolute Gasteiger partial charge is 0.492 e. The lowest BCUT2D eigenvalue weighted by atomic mass is 10.1. The van der Waals surface area contributed by atoms with Crippen molar-refractivity contribution >= 4 is 33.4 Å². The van der Waals surface area contributed by atoms with Crippen molar-refractivity contribution in [3.8, 4) is 5.75 Å². The Hall–Kier alpha value is -1.80. The summed E-state index contributed by atoms with van der Waals surface area (Å²) < 4.78 is 5.79. The second kappa shape index (κ2) is 4.46. The van der Waals surface area contributed by atoms with Crippen LogP contribution in [0.4, 0.5) is 0 Å². The summed E-state index contributed by atoms with van der Waals surface area (Å²) in [6.07, 6.45) is 0. The van der Waals surface area contributed by atoms with Gasteiger partial charge >= 0.3 is 0 Å². The first-order valence-electron chi connectivity index (χ1n) is 5.91. The molecule has 3 aromatic rings. The summed E-state index contributed by atoms with van der Waals surface area (Å²) in [5, 5.41) is 2.56. The van der Waals surface area contributed by atoms with Gasteiger partial charge in [0.25, 0.3) is 0 Å². The molecular formula is C15H12ClNO. The SMILES string of the molecule is CCOc1c2ccccc2nc2cccc(Cl)c12. The zero-order valence-electron chi connectivity index (χ0n) is 9.98. The minimum absolute atomic E-state index is 0.605. The number of hydrogen-bond acceptors (Lipinski definition) is 2. The maximum atomic E-state index is 6.28. The quantitative estimate of drug-likeness (QED) is 0.633. The molecule has 0 saturated carbocycles. The Balaban J connectivity index is 2.51. The zero-order valence-corrected chi connectivity index (χ0v) is 10.7. The minimum atomic E-state index is 0.605. The zero-order chi connectivity index (χ0) is 12.5. The fourth-order valence-electron chi connectivity index (χ4n) is 2.15. The lowest BCUT2D eigenvalue weighted by molar-refractivity contribution is 0.348. The average molecular weight is 258 g/mol. The van der Waals surface area contributed by atoms with Crippen LogP contribution in [0.15, 0.2) is 42.5 Å². The number of rotatable bonds is 2. The third-order valence-electron chi connectivity index (χ3n) is 2.90. The van der Waals surface area contributed by atoms with Gasteiger partial charge in [-0.1, -0.05) is 29.8 Å². The Morgan fingerprint density at radius 1 is 1.06 bits per heavy atom. The van der Waals surface area contributed by atoms with E-state index in [1.807, 2.05) is 49.4 Å². The van der Waals surface area contributed by atoms with Crippen LogP contribution in [0.5, 0.6) is 5.75 Å². The molecule has 3 rings (SSSR count). The van der Waals surface area contributed by atoms with E-state index in [-0.39, 0.29) is 0 Å². The monoisotopic (exact) mass is 257 g/mol. The number of benzene rings is 2. The summed E-state index contributed by atoms with van der Waals surface area (Å²) in [6.45, 7) is 2.58. The number of ether oxygens (including phenoxy) is 1. The van der Waals surface area contributed by atoms with Crippen molar-refractivity contribution in [2.45, 2.75) is 6.92 Å². The highest BCUT2D eigenvalue weighted by molar-refractivity contribution is 6.36. The molecule has 0 amide bonds. The van der Waals surface area contributed by atoms with Crippen molar-refractivity contribution in [2.75, 3.05) is 6.61 Å². The fourth-order valence-corrected chi connectivity index (χ4v) is 2.41. The fraction of sp³-hybridized carbons (Fsp3) is 0.133. The van der Waals surface area contributed by atoms with E-state index in [9.17, 15) is 0 Å². The Kier molecular flexibility index (Phi) is 2.80. The lowest BCUT2D eigenvalue weighted by Gasteiger charge is -2.12. The van der Waals surface area contributed by atoms with Gasteiger partial charge in [-0.25, -0.2) is 4.98 Å². The van der Waals surface area contributed by atoms with Crippen molar-refractivity contribution in [3.05, 3.63) is 47.5 Å². The molecule has 90 valence electrons. The average Bonchev–Trinajstić information content (AvgIpc) is 2.39. The second-order valence-corrected chi connectivity index (χ2v) is 4.43. The first-order valence-corrected chi connectivity index (χ1v) is 6.29. The molecule has 0 N–H and O–H groups in total. The van der Waals surface area contributed by atoms with E-state index < -0.39 is 0 Å². The summed E-state index contributed by atoms with van der Waals surface area (Å²) in [5.41, 5.74) is 1.79. The van der Waals surface area contributed by atoms with Crippen LogP contribution in [0.25, 0.3) is 21.8 Å². The highest BCUT2D eigenvalue weighted by atomic mass is 35.5. The van der Waals surface area contributed by atoms with Crippen molar-refractivity contribution in [3.63, 3.8) is 0 Å². The number of nitrogens with zero attached hydrogens (tertiary/aromatic N) is 1. The highest BCUT2D eigenvalue weighted by Gasteiger charge is 2.12. The molecule has 0 aliphatic rings. The van der Waals surface area contributed by atoms with Crippen molar-refractivity contribution in [1.29, 1.82) is 0 Å². The number of para-hydroxylation sites is 1. The van der Waals surface area contributed by atoms with Crippen LogP contribution in [0.1, 0.15) is 6.92 Å². The molecule has 3 heteroatoms. The van der Waals surface area contributed by atoms with Gasteiger partial charge in [-0.3, -0.25) is 0 Å².